The molecule has 2 heterocycles. The van der Waals surface area contributed by atoms with E-state index in [-0.39, 0.29) is 37.0 Å². The third kappa shape index (κ3) is 5.52. The van der Waals surface area contributed by atoms with Gasteiger partial charge < -0.3 is 10.4 Å². The highest BCUT2D eigenvalue weighted by Gasteiger charge is 2.60. The molecule has 2 N–H and O–H groups in total. The molecule has 7 nitrogen and oxygen atoms in total. The van der Waals surface area contributed by atoms with Crippen LogP contribution in [-0.4, -0.2) is 48.8 Å². The summed E-state index contributed by atoms with van der Waals surface area (Å²) in [5.74, 6) is -1.86. The van der Waals surface area contributed by atoms with Crippen molar-refractivity contribution in [1.29, 1.82) is 0 Å². The number of carboxylic acid groups (broad SMARTS) is 1. The first-order chi connectivity index (χ1) is 19.0. The third-order valence-corrected chi connectivity index (χ3v) is 12.2. The van der Waals surface area contributed by atoms with Crippen LogP contribution < -0.4 is 5.32 Å². The molecule has 40 heavy (non-hydrogen) atoms. The summed E-state index contributed by atoms with van der Waals surface area (Å²) in [6.07, 6.45) is 4.30. The van der Waals surface area contributed by atoms with Crippen molar-refractivity contribution in [2.45, 2.75) is 75.0 Å². The molecule has 0 radical (unpaired) electrons. The zero-order valence-electron chi connectivity index (χ0n) is 22.6. The summed E-state index contributed by atoms with van der Waals surface area (Å²) >= 11 is 12.6. The Hall–Kier alpha value is -2.13. The highest BCUT2D eigenvalue weighted by Crippen LogP contribution is 2.57. The Kier molecular flexibility index (Phi) is 8.28. The van der Waals surface area contributed by atoms with E-state index in [2.05, 4.69) is 5.32 Å². The molecule has 3 aliphatic rings. The molecule has 0 bridgehead atoms. The number of amides is 1. The molecule has 2 aromatic carbocycles. The maximum atomic E-state index is 14.8. The first-order valence-electron chi connectivity index (χ1n) is 14.0. The summed E-state index contributed by atoms with van der Waals surface area (Å²) < 4.78 is 30.0. The minimum Gasteiger partial charge on any atom is -0.481 e. The van der Waals surface area contributed by atoms with Gasteiger partial charge in [0.15, 0.2) is 0 Å². The lowest BCUT2D eigenvalue weighted by molar-refractivity contribution is -0.147. The SMILES string of the molecule is C[C@@]1(CC(=O)O)C[C@H](c2cccc(Cl)c2)[C@H](C[C@@](c2ccc(Cl)cc2)(C2CC2)S(=O)(=O)N2CCCCC2)NC1=O. The monoisotopic (exact) mass is 606 g/mol. The molecule has 2 aliphatic heterocycles. The van der Waals surface area contributed by atoms with Gasteiger partial charge in [0.2, 0.25) is 15.9 Å². The van der Waals surface area contributed by atoms with Crippen LogP contribution in [0, 0.1) is 11.3 Å². The largest absolute Gasteiger partial charge is 0.481 e. The molecule has 2 aromatic rings. The maximum absolute atomic E-state index is 14.8. The number of rotatable bonds is 9. The maximum Gasteiger partial charge on any atom is 0.304 e. The molecule has 1 aliphatic carbocycles. The van der Waals surface area contributed by atoms with Crippen LogP contribution in [0.15, 0.2) is 48.5 Å². The van der Waals surface area contributed by atoms with Gasteiger partial charge in [-0.3, -0.25) is 9.59 Å². The van der Waals surface area contributed by atoms with Crippen LogP contribution in [0.25, 0.3) is 0 Å². The molecular formula is C30H36Cl2N2O5S. The zero-order chi connectivity index (χ0) is 28.7. The van der Waals surface area contributed by atoms with Crippen molar-refractivity contribution in [3.8, 4) is 0 Å². The Bertz CT molecular complexity index is 1370. The fourth-order valence-corrected chi connectivity index (χ4v) is 9.86. The fourth-order valence-electron chi connectivity index (χ4n) is 6.86. The Morgan fingerprint density at radius 1 is 1.07 bits per heavy atom. The normalized spacial score (nSPS) is 27.5. The fraction of sp³-hybridized carbons (Fsp3) is 0.533. The number of carbonyl (C=O) groups is 2. The van der Waals surface area contributed by atoms with Crippen molar-refractivity contribution in [3.63, 3.8) is 0 Å². The number of hydrogen-bond acceptors (Lipinski definition) is 4. The highest BCUT2D eigenvalue weighted by molar-refractivity contribution is 7.90. The summed E-state index contributed by atoms with van der Waals surface area (Å²) in [6, 6.07) is 13.9. The van der Waals surface area contributed by atoms with E-state index >= 15 is 0 Å². The van der Waals surface area contributed by atoms with Gasteiger partial charge in [-0.25, -0.2) is 12.7 Å². The number of benzene rings is 2. The predicted octanol–water partition coefficient (Wildman–Crippen LogP) is 5.96. The van der Waals surface area contributed by atoms with Gasteiger partial charge in [0.25, 0.3) is 0 Å². The van der Waals surface area contributed by atoms with E-state index in [4.69, 9.17) is 23.2 Å². The second-order valence-electron chi connectivity index (χ2n) is 11.9. The van der Waals surface area contributed by atoms with E-state index in [0.29, 0.717) is 28.7 Å². The molecule has 0 spiro atoms. The van der Waals surface area contributed by atoms with Crippen molar-refractivity contribution in [1.82, 2.24) is 9.62 Å². The smallest absolute Gasteiger partial charge is 0.304 e. The van der Waals surface area contributed by atoms with Crippen LogP contribution in [-0.2, 0) is 24.4 Å². The molecule has 0 unspecified atom stereocenters. The number of nitrogens with zero attached hydrogens (tertiary/aromatic N) is 1. The first kappa shape index (κ1) is 29.4. The van der Waals surface area contributed by atoms with Crippen LogP contribution in [0.1, 0.15) is 75.3 Å². The van der Waals surface area contributed by atoms with Crippen molar-refractivity contribution < 1.29 is 23.1 Å². The van der Waals surface area contributed by atoms with E-state index < -0.39 is 32.2 Å². The van der Waals surface area contributed by atoms with Gasteiger partial charge in [-0.15, -0.1) is 0 Å². The van der Waals surface area contributed by atoms with E-state index in [1.54, 1.807) is 29.4 Å². The van der Waals surface area contributed by atoms with E-state index in [1.807, 2.05) is 30.3 Å². The standard InChI is InChI=1S/C30H36Cl2N2O5S/c1-29(19-27(35)36)17-25(20-6-5-7-24(32)16-20)26(33-28(29)37)18-30(21-8-9-21,22-10-12-23(31)13-11-22)40(38,39)34-14-3-2-4-15-34/h5-7,10-13,16,21,25-26H,2-4,8-9,14-15,17-19H2,1H3,(H,33,37)(H,35,36)/t25-,26+,29+,30+/m1/s1. The van der Waals surface area contributed by atoms with Crippen LogP contribution in [0.3, 0.4) is 0 Å². The summed E-state index contributed by atoms with van der Waals surface area (Å²) in [4.78, 5) is 25.3. The third-order valence-electron chi connectivity index (χ3n) is 9.05. The molecule has 10 heteroatoms. The van der Waals surface area contributed by atoms with Gasteiger partial charge in [-0.05, 0) is 79.8 Å². The van der Waals surface area contributed by atoms with Crippen molar-refractivity contribution in [2.75, 3.05) is 13.1 Å². The molecule has 1 amide bonds. The van der Waals surface area contributed by atoms with Gasteiger partial charge in [0.05, 0.1) is 11.8 Å². The molecule has 216 valence electrons. The van der Waals surface area contributed by atoms with E-state index in [1.165, 1.54) is 0 Å². The molecule has 4 atom stereocenters. The lowest BCUT2D eigenvalue weighted by Gasteiger charge is -2.47. The zero-order valence-corrected chi connectivity index (χ0v) is 24.9. The summed E-state index contributed by atoms with van der Waals surface area (Å²) in [5.41, 5.74) is 0.386. The number of carboxylic acids is 1. The quantitative estimate of drug-likeness (QED) is 0.366. The minimum atomic E-state index is -3.85. The molecule has 1 saturated carbocycles. The highest BCUT2D eigenvalue weighted by atomic mass is 35.5. The van der Waals surface area contributed by atoms with Gasteiger partial charge >= 0.3 is 5.97 Å². The van der Waals surface area contributed by atoms with Gasteiger partial charge in [-0.1, -0.05) is 60.8 Å². The van der Waals surface area contributed by atoms with Crippen LogP contribution in [0.5, 0.6) is 0 Å². The van der Waals surface area contributed by atoms with Gasteiger partial charge in [0, 0.05) is 35.1 Å². The van der Waals surface area contributed by atoms with E-state index in [9.17, 15) is 23.1 Å². The number of aliphatic carboxylic acids is 1. The van der Waals surface area contributed by atoms with Gasteiger partial charge in [0.1, 0.15) is 4.75 Å². The molecule has 3 fully saturated rings. The number of piperidine rings is 2. The first-order valence-corrected chi connectivity index (χ1v) is 16.2. The Balaban J connectivity index is 1.64. The van der Waals surface area contributed by atoms with Crippen molar-refractivity contribution in [3.05, 3.63) is 69.7 Å². The van der Waals surface area contributed by atoms with Crippen molar-refractivity contribution in [2.24, 2.45) is 11.3 Å². The number of sulfonamides is 1. The average molecular weight is 608 g/mol. The second-order valence-corrected chi connectivity index (χ2v) is 15.0. The molecule has 5 rings (SSSR count). The minimum absolute atomic E-state index is 0.107. The number of hydrogen-bond donors (Lipinski definition) is 2. The van der Waals surface area contributed by atoms with Gasteiger partial charge in [-0.2, -0.15) is 0 Å². The second kappa shape index (κ2) is 11.3. The van der Waals surface area contributed by atoms with Crippen LogP contribution in [0.4, 0.5) is 0 Å². The van der Waals surface area contributed by atoms with E-state index in [0.717, 1.165) is 37.7 Å². The summed E-state index contributed by atoms with van der Waals surface area (Å²) in [6.45, 7) is 2.63. The molecule has 2 saturated heterocycles. The number of carbonyl (C=O) groups excluding carboxylic acids is 1. The molecular weight excluding hydrogens is 571 g/mol. The summed E-state index contributed by atoms with van der Waals surface area (Å²) in [7, 11) is -3.85. The average Bonchev–Trinajstić information content (AvgIpc) is 3.76. The van der Waals surface area contributed by atoms with Crippen molar-refractivity contribution >= 4 is 45.1 Å². The Morgan fingerprint density at radius 2 is 1.75 bits per heavy atom. The predicted molar refractivity (Wildman–Crippen MR) is 156 cm³/mol. The van der Waals surface area contributed by atoms with Crippen LogP contribution in [0.2, 0.25) is 10.0 Å². The number of halogens is 2. The Labute approximate surface area is 246 Å². The Morgan fingerprint density at radius 3 is 2.35 bits per heavy atom. The lowest BCUT2D eigenvalue weighted by atomic mass is 9.67. The molecule has 0 aromatic heterocycles. The lowest BCUT2D eigenvalue weighted by Crippen LogP contribution is -2.58. The topological polar surface area (TPSA) is 104 Å². The summed E-state index contributed by atoms with van der Waals surface area (Å²) in [5, 5.41) is 13.8. The van der Waals surface area contributed by atoms with Crippen LogP contribution >= 0.6 is 23.2 Å². The number of nitrogens with one attached hydrogen (secondary N) is 1.